The number of nitrogens with one attached hydrogen (secondary N) is 1. The molecule has 1 atom stereocenters. The van der Waals surface area contributed by atoms with E-state index in [0.29, 0.717) is 18.5 Å². The molecule has 7 nitrogen and oxygen atoms in total. The molecule has 0 saturated heterocycles. The van der Waals surface area contributed by atoms with Gasteiger partial charge in [0.15, 0.2) is 0 Å². The minimum absolute atomic E-state index is 0.114. The molecule has 0 aromatic carbocycles. The second-order valence-electron chi connectivity index (χ2n) is 8.26. The van der Waals surface area contributed by atoms with Crippen molar-refractivity contribution in [2.24, 2.45) is 0 Å². The van der Waals surface area contributed by atoms with Gasteiger partial charge in [-0.3, -0.25) is 4.98 Å². The first-order chi connectivity index (χ1) is 14.6. The van der Waals surface area contributed by atoms with E-state index in [1.165, 1.54) is 5.69 Å². The molecule has 0 amide bonds. The van der Waals surface area contributed by atoms with Gasteiger partial charge in [-0.2, -0.15) is 0 Å². The molecular formula is C23H31N5O2. The number of rotatable bonds is 7. The molecule has 3 aromatic rings. The van der Waals surface area contributed by atoms with Gasteiger partial charge >= 0.3 is 0 Å². The van der Waals surface area contributed by atoms with Gasteiger partial charge in [0.2, 0.25) is 5.95 Å². The summed E-state index contributed by atoms with van der Waals surface area (Å²) >= 11 is 0. The lowest BCUT2D eigenvalue weighted by atomic mass is 9.85. The van der Waals surface area contributed by atoms with Crippen LogP contribution in [0.1, 0.15) is 56.8 Å². The van der Waals surface area contributed by atoms with E-state index < -0.39 is 0 Å². The second kappa shape index (κ2) is 9.10. The molecule has 0 unspecified atom stereocenters. The second-order valence-corrected chi connectivity index (χ2v) is 8.26. The summed E-state index contributed by atoms with van der Waals surface area (Å²) < 4.78 is 7.26. The molecule has 30 heavy (non-hydrogen) atoms. The van der Waals surface area contributed by atoms with Gasteiger partial charge in [-0.1, -0.05) is 6.92 Å². The van der Waals surface area contributed by atoms with Gasteiger partial charge in [0.25, 0.3) is 0 Å². The SMILES string of the molecule is CCc1cc(-c2cc(C3CCC(O)CC3)n3nc(N[C@@H](C)COC)ncc23)ccn1. The Morgan fingerprint density at radius 3 is 2.77 bits per heavy atom. The fourth-order valence-electron chi connectivity index (χ4n) is 4.33. The highest BCUT2D eigenvalue weighted by Gasteiger charge is 2.25. The molecule has 2 N–H and O–H groups in total. The molecule has 1 aliphatic carbocycles. The van der Waals surface area contributed by atoms with Crippen LogP contribution in [0.3, 0.4) is 0 Å². The maximum atomic E-state index is 9.96. The third-order valence-corrected chi connectivity index (χ3v) is 5.94. The molecule has 0 radical (unpaired) electrons. The van der Waals surface area contributed by atoms with Crippen LogP contribution in [0.2, 0.25) is 0 Å². The fraction of sp³-hybridized carbons (Fsp3) is 0.522. The first-order valence-electron chi connectivity index (χ1n) is 10.9. The van der Waals surface area contributed by atoms with Crippen molar-refractivity contribution in [3.05, 3.63) is 42.0 Å². The van der Waals surface area contributed by atoms with Crippen molar-refractivity contribution in [2.75, 3.05) is 19.0 Å². The van der Waals surface area contributed by atoms with Crippen LogP contribution in [0.25, 0.3) is 16.6 Å². The first kappa shape index (κ1) is 20.8. The average molecular weight is 410 g/mol. The van der Waals surface area contributed by atoms with Crippen molar-refractivity contribution in [1.29, 1.82) is 0 Å². The van der Waals surface area contributed by atoms with E-state index in [9.17, 15) is 5.11 Å². The van der Waals surface area contributed by atoms with Crippen LogP contribution < -0.4 is 5.32 Å². The molecule has 160 valence electrons. The number of aliphatic hydroxyl groups excluding tert-OH is 1. The first-order valence-corrected chi connectivity index (χ1v) is 10.9. The molecular weight excluding hydrogens is 378 g/mol. The van der Waals surface area contributed by atoms with Crippen molar-refractivity contribution >= 4 is 11.5 Å². The fourth-order valence-corrected chi connectivity index (χ4v) is 4.33. The Morgan fingerprint density at radius 1 is 1.23 bits per heavy atom. The minimum atomic E-state index is -0.180. The summed E-state index contributed by atoms with van der Waals surface area (Å²) in [6.07, 6.45) is 8.10. The van der Waals surface area contributed by atoms with Crippen LogP contribution in [-0.2, 0) is 11.2 Å². The molecule has 1 saturated carbocycles. The zero-order chi connectivity index (χ0) is 21.1. The predicted octanol–water partition coefficient (Wildman–Crippen LogP) is 3.82. The molecule has 7 heteroatoms. The molecule has 3 aromatic heterocycles. The van der Waals surface area contributed by atoms with Crippen molar-refractivity contribution < 1.29 is 9.84 Å². The molecule has 1 aliphatic rings. The summed E-state index contributed by atoms with van der Waals surface area (Å²) in [5.41, 5.74) is 5.52. The Labute approximate surface area is 177 Å². The molecule has 3 heterocycles. The topological polar surface area (TPSA) is 84.6 Å². The van der Waals surface area contributed by atoms with Crippen LogP contribution in [0.5, 0.6) is 0 Å². The summed E-state index contributed by atoms with van der Waals surface area (Å²) in [7, 11) is 1.69. The number of aryl methyl sites for hydroxylation is 1. The number of ether oxygens (including phenoxy) is 1. The number of hydrogen-bond donors (Lipinski definition) is 2. The number of aromatic nitrogens is 4. The maximum absolute atomic E-state index is 9.96. The van der Waals surface area contributed by atoms with E-state index in [1.807, 2.05) is 23.8 Å². The highest BCUT2D eigenvalue weighted by atomic mass is 16.5. The van der Waals surface area contributed by atoms with Crippen LogP contribution in [0.4, 0.5) is 5.95 Å². The quantitative estimate of drug-likeness (QED) is 0.617. The van der Waals surface area contributed by atoms with E-state index in [1.54, 1.807) is 7.11 Å². The van der Waals surface area contributed by atoms with Gasteiger partial charge in [0.1, 0.15) is 0 Å². The Balaban J connectivity index is 1.78. The number of pyridine rings is 1. The monoisotopic (exact) mass is 409 g/mol. The maximum Gasteiger partial charge on any atom is 0.241 e. The normalized spacial score (nSPS) is 20.4. The Bertz CT molecular complexity index is 994. The summed E-state index contributed by atoms with van der Waals surface area (Å²) in [5.74, 6) is 0.969. The van der Waals surface area contributed by atoms with Crippen LogP contribution in [0, 0.1) is 0 Å². The number of fused-ring (bicyclic) bond motifs is 1. The van der Waals surface area contributed by atoms with Gasteiger partial charge in [-0.15, -0.1) is 5.10 Å². The van der Waals surface area contributed by atoms with E-state index in [0.717, 1.165) is 54.4 Å². The Kier molecular flexibility index (Phi) is 6.29. The van der Waals surface area contributed by atoms with Crippen LogP contribution >= 0.6 is 0 Å². The van der Waals surface area contributed by atoms with E-state index in [-0.39, 0.29) is 12.1 Å². The lowest BCUT2D eigenvalue weighted by molar-refractivity contribution is 0.121. The average Bonchev–Trinajstić information content (AvgIpc) is 3.13. The third kappa shape index (κ3) is 4.32. The highest BCUT2D eigenvalue weighted by Crippen LogP contribution is 2.37. The summed E-state index contributed by atoms with van der Waals surface area (Å²) in [6, 6.07) is 6.57. The summed E-state index contributed by atoms with van der Waals surface area (Å²) in [5, 5.41) is 18.1. The number of nitrogens with zero attached hydrogens (tertiary/aromatic N) is 4. The van der Waals surface area contributed by atoms with Crippen molar-refractivity contribution in [1.82, 2.24) is 19.6 Å². The molecule has 4 rings (SSSR count). The van der Waals surface area contributed by atoms with Gasteiger partial charge in [0.05, 0.1) is 24.4 Å². The zero-order valence-electron chi connectivity index (χ0n) is 18.0. The third-order valence-electron chi connectivity index (χ3n) is 5.94. The lowest BCUT2D eigenvalue weighted by Gasteiger charge is -2.25. The number of aliphatic hydroxyl groups is 1. The number of methoxy groups -OCH3 is 1. The Morgan fingerprint density at radius 2 is 2.03 bits per heavy atom. The molecule has 0 aliphatic heterocycles. The van der Waals surface area contributed by atoms with E-state index in [4.69, 9.17) is 9.84 Å². The van der Waals surface area contributed by atoms with Crippen molar-refractivity contribution in [3.8, 4) is 11.1 Å². The highest BCUT2D eigenvalue weighted by molar-refractivity contribution is 5.81. The van der Waals surface area contributed by atoms with Gasteiger partial charge in [-0.05, 0) is 62.8 Å². The van der Waals surface area contributed by atoms with Crippen molar-refractivity contribution in [3.63, 3.8) is 0 Å². The molecule has 0 bridgehead atoms. The lowest BCUT2D eigenvalue weighted by Crippen LogP contribution is -2.23. The van der Waals surface area contributed by atoms with Gasteiger partial charge in [-0.25, -0.2) is 9.50 Å². The van der Waals surface area contributed by atoms with Crippen molar-refractivity contribution in [2.45, 2.75) is 64.0 Å². The molecule has 0 spiro atoms. The Hall–Kier alpha value is -2.51. The largest absolute Gasteiger partial charge is 0.393 e. The number of hydrogen-bond acceptors (Lipinski definition) is 6. The van der Waals surface area contributed by atoms with Crippen LogP contribution in [0.15, 0.2) is 30.6 Å². The standard InChI is InChI=1S/C23H31N5O2/c1-4-18-11-17(9-10-24-18)20-12-21(16-5-7-19(29)8-6-16)28-22(20)13-25-23(27-28)26-15(2)14-30-3/h9-13,15-16,19,29H,4-8,14H2,1-3H3,(H,26,27)/t15-,16?,19?/m0/s1. The predicted molar refractivity (Wildman–Crippen MR) is 118 cm³/mol. The summed E-state index contributed by atoms with van der Waals surface area (Å²) in [4.78, 5) is 9.02. The van der Waals surface area contributed by atoms with Crippen LogP contribution in [-0.4, -0.2) is 50.6 Å². The van der Waals surface area contributed by atoms with Gasteiger partial charge in [0, 0.05) is 42.2 Å². The van der Waals surface area contributed by atoms with E-state index in [2.05, 4.69) is 40.4 Å². The zero-order valence-corrected chi connectivity index (χ0v) is 18.0. The van der Waals surface area contributed by atoms with E-state index >= 15 is 0 Å². The van der Waals surface area contributed by atoms with Gasteiger partial charge < -0.3 is 15.2 Å². The summed E-state index contributed by atoms with van der Waals surface area (Å²) in [6.45, 7) is 4.75. The molecule has 1 fully saturated rings. The smallest absolute Gasteiger partial charge is 0.241 e. The minimum Gasteiger partial charge on any atom is -0.393 e. The number of anilines is 1.